The molecule has 2 atom stereocenters. The maximum Gasteiger partial charge on any atom is 0.235 e. The van der Waals surface area contributed by atoms with E-state index in [-0.39, 0.29) is 23.9 Å². The summed E-state index contributed by atoms with van der Waals surface area (Å²) in [5, 5.41) is 8.68. The van der Waals surface area contributed by atoms with Gasteiger partial charge in [-0.2, -0.15) is 15.0 Å². The van der Waals surface area contributed by atoms with E-state index in [1.165, 1.54) is 0 Å². The van der Waals surface area contributed by atoms with Crippen molar-refractivity contribution in [2.75, 3.05) is 0 Å². The molecule has 2 saturated heterocycles. The second kappa shape index (κ2) is 7.23. The Morgan fingerprint density at radius 2 is 1.29 bits per heavy atom. The van der Waals surface area contributed by atoms with Crippen LogP contribution in [0, 0.1) is 0 Å². The number of carbonyl (C=O) groups excluding carboxylic acids is 1. The van der Waals surface area contributed by atoms with E-state index >= 15 is 0 Å². The number of piperidine rings is 1. The highest BCUT2D eigenvalue weighted by Gasteiger charge is 2.46. The Morgan fingerprint density at radius 1 is 0.786 bits per heavy atom. The summed E-state index contributed by atoms with van der Waals surface area (Å²) in [6.45, 7) is 0. The molecule has 2 bridgehead atoms. The third kappa shape index (κ3) is 3.01. The number of fused-ring (bicyclic) bond motifs is 2. The highest BCUT2D eigenvalue weighted by molar-refractivity contribution is 5.88. The highest BCUT2D eigenvalue weighted by atomic mass is 16.2. The van der Waals surface area contributed by atoms with Gasteiger partial charge in [-0.1, -0.05) is 60.7 Å². The fraction of sp³-hybridized carbons (Fsp3) is 0.348. The molecule has 0 aliphatic carbocycles. The van der Waals surface area contributed by atoms with E-state index in [0.29, 0.717) is 6.04 Å². The van der Waals surface area contributed by atoms with Crippen molar-refractivity contribution < 1.29 is 4.79 Å². The second-order valence-corrected chi connectivity index (χ2v) is 7.86. The molecule has 0 spiro atoms. The number of aromatic nitrogens is 3. The Balaban J connectivity index is 1.46. The molecule has 2 unspecified atom stereocenters. The molecule has 1 aromatic heterocycles. The smallest absolute Gasteiger partial charge is 0.235 e. The highest BCUT2D eigenvalue weighted by Crippen LogP contribution is 2.42. The number of hydrogen-bond acceptors (Lipinski definition) is 3. The Hall–Kier alpha value is -2.95. The molecule has 5 heteroatoms. The van der Waals surface area contributed by atoms with Gasteiger partial charge in [0.05, 0.1) is 24.4 Å². The van der Waals surface area contributed by atoms with E-state index in [1.54, 1.807) is 12.4 Å². The normalized spacial score (nSPS) is 23.9. The summed E-state index contributed by atoms with van der Waals surface area (Å²) < 4.78 is 0. The fourth-order valence-corrected chi connectivity index (χ4v) is 5.03. The van der Waals surface area contributed by atoms with Crippen LogP contribution >= 0.6 is 0 Å². The zero-order valence-electron chi connectivity index (χ0n) is 15.8. The number of rotatable bonds is 4. The molecule has 0 radical (unpaired) electrons. The number of nitrogens with zero attached hydrogens (tertiary/aromatic N) is 4. The van der Waals surface area contributed by atoms with Gasteiger partial charge in [0, 0.05) is 12.1 Å². The topological polar surface area (TPSA) is 51.0 Å². The molecule has 2 fully saturated rings. The molecule has 0 saturated carbocycles. The van der Waals surface area contributed by atoms with Gasteiger partial charge in [0.1, 0.15) is 0 Å². The van der Waals surface area contributed by atoms with Gasteiger partial charge in [0.15, 0.2) is 0 Å². The van der Waals surface area contributed by atoms with Crippen LogP contribution < -0.4 is 0 Å². The lowest BCUT2D eigenvalue weighted by atomic mass is 9.88. The number of carbonyl (C=O) groups is 1. The quantitative estimate of drug-likeness (QED) is 0.700. The Kier molecular flexibility index (Phi) is 4.43. The number of amides is 1. The standard InChI is InChI=1S/C23H24N4O/c28-23(22(17-7-3-1-4-8-17)18-9-5-2-6-10-18)26-19-11-12-20(26)16-21(15-19)27-24-13-14-25-27/h1-10,13-14,19-22H,11-12,15-16H2. The van der Waals surface area contributed by atoms with E-state index in [4.69, 9.17) is 0 Å². The van der Waals surface area contributed by atoms with Crippen molar-refractivity contribution in [3.05, 3.63) is 84.2 Å². The molecule has 5 rings (SSSR count). The van der Waals surface area contributed by atoms with Crippen LogP contribution in [0.25, 0.3) is 0 Å². The Morgan fingerprint density at radius 3 is 1.79 bits per heavy atom. The van der Waals surface area contributed by atoms with Crippen LogP contribution in [0.2, 0.25) is 0 Å². The van der Waals surface area contributed by atoms with Crippen LogP contribution in [-0.2, 0) is 4.79 Å². The third-order valence-corrected chi connectivity index (χ3v) is 6.24. The average molecular weight is 372 g/mol. The van der Waals surface area contributed by atoms with Crippen molar-refractivity contribution in [3.8, 4) is 0 Å². The van der Waals surface area contributed by atoms with Gasteiger partial charge in [-0.05, 0) is 36.8 Å². The van der Waals surface area contributed by atoms with Crippen molar-refractivity contribution in [2.45, 2.75) is 49.7 Å². The van der Waals surface area contributed by atoms with Gasteiger partial charge in [-0.25, -0.2) is 0 Å². The minimum absolute atomic E-state index is 0.233. The zero-order valence-corrected chi connectivity index (χ0v) is 15.8. The molecule has 3 heterocycles. The first-order chi connectivity index (χ1) is 13.8. The minimum Gasteiger partial charge on any atom is -0.336 e. The third-order valence-electron chi connectivity index (χ3n) is 6.24. The van der Waals surface area contributed by atoms with Gasteiger partial charge >= 0.3 is 0 Å². The van der Waals surface area contributed by atoms with Gasteiger partial charge in [-0.3, -0.25) is 4.79 Å². The molecule has 2 aromatic carbocycles. The molecular formula is C23H24N4O. The lowest BCUT2D eigenvalue weighted by molar-refractivity contribution is -0.137. The van der Waals surface area contributed by atoms with Crippen LogP contribution in [0.1, 0.15) is 48.8 Å². The molecule has 28 heavy (non-hydrogen) atoms. The van der Waals surface area contributed by atoms with Crippen molar-refractivity contribution >= 4 is 5.91 Å². The summed E-state index contributed by atoms with van der Waals surface area (Å²) in [5.74, 6) is -0.0124. The average Bonchev–Trinajstić information content (AvgIpc) is 3.36. The summed E-state index contributed by atoms with van der Waals surface area (Å²) in [5.41, 5.74) is 2.13. The van der Waals surface area contributed by atoms with Gasteiger partial charge in [0.2, 0.25) is 5.91 Å². The summed E-state index contributed by atoms with van der Waals surface area (Å²) in [6, 6.07) is 21.2. The summed E-state index contributed by atoms with van der Waals surface area (Å²) in [6.07, 6.45) is 7.50. The summed E-state index contributed by atoms with van der Waals surface area (Å²) in [7, 11) is 0. The van der Waals surface area contributed by atoms with E-state index in [2.05, 4.69) is 39.4 Å². The van der Waals surface area contributed by atoms with Crippen molar-refractivity contribution in [1.29, 1.82) is 0 Å². The SMILES string of the molecule is O=C(C(c1ccccc1)c1ccccc1)N1C2CCC1CC(n1nccn1)C2. The molecule has 2 aliphatic rings. The molecule has 3 aromatic rings. The largest absolute Gasteiger partial charge is 0.336 e. The summed E-state index contributed by atoms with van der Waals surface area (Å²) >= 11 is 0. The van der Waals surface area contributed by atoms with Crippen molar-refractivity contribution in [2.24, 2.45) is 0 Å². The molecular weight excluding hydrogens is 348 g/mol. The number of hydrogen-bond donors (Lipinski definition) is 0. The summed E-state index contributed by atoms with van der Waals surface area (Å²) in [4.78, 5) is 17.9. The van der Waals surface area contributed by atoms with Crippen molar-refractivity contribution in [3.63, 3.8) is 0 Å². The lowest BCUT2D eigenvalue weighted by Gasteiger charge is -2.40. The number of benzene rings is 2. The van der Waals surface area contributed by atoms with Crippen LogP contribution in [0.4, 0.5) is 0 Å². The minimum atomic E-state index is -0.245. The van der Waals surface area contributed by atoms with Gasteiger partial charge in [-0.15, -0.1) is 0 Å². The molecule has 2 aliphatic heterocycles. The van der Waals surface area contributed by atoms with Crippen LogP contribution in [0.3, 0.4) is 0 Å². The molecule has 142 valence electrons. The Labute approximate surface area is 165 Å². The van der Waals surface area contributed by atoms with Gasteiger partial charge in [0.25, 0.3) is 0 Å². The van der Waals surface area contributed by atoms with Crippen LogP contribution in [0.5, 0.6) is 0 Å². The van der Waals surface area contributed by atoms with Gasteiger partial charge < -0.3 is 4.90 Å². The van der Waals surface area contributed by atoms with E-state index in [9.17, 15) is 4.79 Å². The zero-order chi connectivity index (χ0) is 18.9. The maximum absolute atomic E-state index is 13.8. The van der Waals surface area contributed by atoms with Crippen molar-refractivity contribution in [1.82, 2.24) is 19.9 Å². The fourth-order valence-electron chi connectivity index (χ4n) is 5.03. The Bertz CT molecular complexity index is 872. The molecule has 0 N–H and O–H groups in total. The first-order valence-corrected chi connectivity index (χ1v) is 10.1. The first kappa shape index (κ1) is 17.2. The van der Waals surface area contributed by atoms with Crippen LogP contribution in [0.15, 0.2) is 73.1 Å². The predicted octanol–water partition coefficient (Wildman–Crippen LogP) is 3.80. The monoisotopic (exact) mass is 372 g/mol. The van der Waals surface area contributed by atoms with E-state index in [0.717, 1.165) is 36.8 Å². The predicted molar refractivity (Wildman–Crippen MR) is 107 cm³/mol. The van der Waals surface area contributed by atoms with E-state index < -0.39 is 0 Å². The second-order valence-electron chi connectivity index (χ2n) is 7.86. The molecule has 5 nitrogen and oxygen atoms in total. The van der Waals surface area contributed by atoms with E-state index in [1.807, 2.05) is 41.2 Å². The molecule has 1 amide bonds. The lowest BCUT2D eigenvalue weighted by Crippen LogP contribution is -2.49. The van der Waals surface area contributed by atoms with Crippen LogP contribution in [-0.4, -0.2) is 37.9 Å². The maximum atomic E-state index is 13.8. The first-order valence-electron chi connectivity index (χ1n) is 10.1.